The van der Waals surface area contributed by atoms with Crippen LogP contribution >= 0.6 is 0 Å². The summed E-state index contributed by atoms with van der Waals surface area (Å²) >= 11 is 0. The lowest BCUT2D eigenvalue weighted by Crippen LogP contribution is -2.51. The van der Waals surface area contributed by atoms with Crippen molar-refractivity contribution in [2.45, 2.75) is 139 Å². The highest BCUT2D eigenvalue weighted by atomic mass is 16.5. The van der Waals surface area contributed by atoms with Crippen molar-refractivity contribution >= 4 is 41.1 Å². The zero-order chi connectivity index (χ0) is 52.8. The van der Waals surface area contributed by atoms with E-state index in [9.17, 15) is 24.0 Å². The van der Waals surface area contributed by atoms with Crippen LogP contribution in [-0.2, 0) is 51.0 Å². The second-order valence-electron chi connectivity index (χ2n) is 22.4. The van der Waals surface area contributed by atoms with Crippen LogP contribution in [-0.4, -0.2) is 159 Å². The summed E-state index contributed by atoms with van der Waals surface area (Å²) in [4.78, 5) is 82.7. The molecule has 17 heteroatoms. The molecule has 1 aromatic carbocycles. The van der Waals surface area contributed by atoms with E-state index in [1.165, 1.54) is 24.8 Å². The fraction of sp³-hybridized carbons (Fsp3) is 0.644. The minimum Gasteiger partial charge on any atom is -0.469 e. The van der Waals surface area contributed by atoms with Gasteiger partial charge in [0.2, 0.25) is 23.6 Å². The van der Waals surface area contributed by atoms with Gasteiger partial charge in [0.1, 0.15) is 5.82 Å². The highest BCUT2D eigenvalue weighted by molar-refractivity contribution is 5.90. The minimum atomic E-state index is -0.463. The van der Waals surface area contributed by atoms with E-state index in [1.807, 2.05) is 17.0 Å². The quantitative estimate of drug-likeness (QED) is 0.0762. The number of fused-ring (bicyclic) bond motifs is 1. The Morgan fingerprint density at radius 1 is 0.882 bits per heavy atom. The molecular weight excluding hydrogens is 963 g/mol. The number of rotatable bonds is 22. The molecule has 3 N–H and O–H groups in total. The van der Waals surface area contributed by atoms with Crippen molar-refractivity contribution in [3.05, 3.63) is 83.3 Å². The summed E-state index contributed by atoms with van der Waals surface area (Å²) in [5, 5.41) is 9.68. The maximum atomic E-state index is 13.8. The second-order valence-corrected chi connectivity index (χ2v) is 22.4. The van der Waals surface area contributed by atoms with E-state index in [0.29, 0.717) is 58.0 Å². The van der Waals surface area contributed by atoms with Crippen LogP contribution < -0.4 is 20.9 Å². The number of nitrogens with zero attached hydrogens (tertiary/aromatic N) is 6. The van der Waals surface area contributed by atoms with Crippen LogP contribution in [0.4, 0.5) is 11.5 Å². The lowest BCUT2D eigenvalue weighted by Gasteiger charge is -2.39. The van der Waals surface area contributed by atoms with E-state index in [1.54, 1.807) is 24.3 Å². The van der Waals surface area contributed by atoms with Gasteiger partial charge in [0.25, 0.3) is 0 Å². The van der Waals surface area contributed by atoms with Crippen molar-refractivity contribution in [2.24, 2.45) is 17.8 Å². The zero-order valence-corrected chi connectivity index (χ0v) is 45.1. The predicted molar refractivity (Wildman–Crippen MR) is 290 cm³/mol. The number of methoxy groups -OCH3 is 1. The maximum Gasteiger partial charge on any atom is 0.306 e. The third kappa shape index (κ3) is 14.9. The molecule has 0 radical (unpaired) electrons. The van der Waals surface area contributed by atoms with Crippen molar-refractivity contribution < 1.29 is 38.2 Å². The first kappa shape index (κ1) is 55.1. The Bertz CT molecular complexity index is 2400. The Hall–Kier alpha value is -5.65. The average Bonchev–Trinajstić information content (AvgIpc) is 4.05. The Kier molecular flexibility index (Phi) is 19.6. The number of amides is 4. The number of ether oxygens (including phenoxy) is 3. The van der Waals surface area contributed by atoms with Gasteiger partial charge in [0.05, 0.1) is 44.3 Å². The summed E-state index contributed by atoms with van der Waals surface area (Å²) in [6.07, 6.45) is 17.5. The summed E-state index contributed by atoms with van der Waals surface area (Å²) in [7, 11) is 3.21. The van der Waals surface area contributed by atoms with Crippen LogP contribution in [0.1, 0.15) is 131 Å². The molecular formula is C59H83N9O8. The third-order valence-electron chi connectivity index (χ3n) is 17.2. The monoisotopic (exact) mass is 1050 g/mol. The molecule has 0 spiro atoms. The van der Waals surface area contributed by atoms with Gasteiger partial charge in [-0.15, -0.1) is 0 Å². The number of nitrogens with one attached hydrogen (secondary N) is 3. The summed E-state index contributed by atoms with van der Waals surface area (Å²) in [6.45, 7) is 8.08. The summed E-state index contributed by atoms with van der Waals surface area (Å²) < 4.78 is 17.5. The van der Waals surface area contributed by atoms with Crippen molar-refractivity contribution in [1.82, 2.24) is 35.3 Å². The first-order chi connectivity index (χ1) is 37.1. The molecule has 6 aliphatic rings. The van der Waals surface area contributed by atoms with Gasteiger partial charge in [-0.3, -0.25) is 29.0 Å². The summed E-state index contributed by atoms with van der Waals surface area (Å²) in [6, 6.07) is 16.6. The molecule has 2 saturated carbocycles. The van der Waals surface area contributed by atoms with Gasteiger partial charge in [-0.1, -0.05) is 24.3 Å². The number of esters is 1. The number of piperazine rings is 1. The van der Waals surface area contributed by atoms with Gasteiger partial charge >= 0.3 is 5.97 Å². The maximum absolute atomic E-state index is 13.8. The lowest BCUT2D eigenvalue weighted by atomic mass is 9.85. The van der Waals surface area contributed by atoms with Crippen LogP contribution in [0.3, 0.4) is 0 Å². The molecule has 6 heterocycles. The fourth-order valence-corrected chi connectivity index (χ4v) is 12.8. The van der Waals surface area contributed by atoms with E-state index >= 15 is 0 Å². The van der Waals surface area contributed by atoms with Gasteiger partial charge in [0.15, 0.2) is 0 Å². The molecule has 2 aliphatic carbocycles. The lowest BCUT2D eigenvalue weighted by molar-refractivity contribution is -0.141. The number of benzene rings is 1. The number of carbonyl (C=O) groups is 5. The highest BCUT2D eigenvalue weighted by Gasteiger charge is 2.43. The molecule has 76 heavy (non-hydrogen) atoms. The molecule has 0 bridgehead atoms. The molecule has 2 aromatic heterocycles. The van der Waals surface area contributed by atoms with Crippen LogP contribution in [0.25, 0.3) is 0 Å². The Labute approximate surface area is 449 Å². The minimum absolute atomic E-state index is 0.0109. The Morgan fingerprint density at radius 2 is 1.67 bits per heavy atom. The van der Waals surface area contributed by atoms with E-state index in [-0.39, 0.29) is 72.1 Å². The molecule has 9 rings (SSSR count). The summed E-state index contributed by atoms with van der Waals surface area (Å²) in [5.41, 5.74) is 5.63. The van der Waals surface area contributed by atoms with Crippen molar-refractivity contribution in [3.63, 3.8) is 0 Å². The van der Waals surface area contributed by atoms with Crippen LogP contribution in [0.5, 0.6) is 0 Å². The van der Waals surface area contributed by atoms with E-state index in [0.717, 1.165) is 139 Å². The third-order valence-corrected chi connectivity index (χ3v) is 17.2. The standard InChI is InChI=1S/C59H83N9O8/c1-65-54(70)37-52(56(65)45-9-4-25-60-38-45)58(72)62-27-34-76-51-22-20-50(21-23-51)75-33-6-11-53(69)63-47-18-14-43(15-19-47)59(73)68-31-29-67(30-32-68)49-10-3-7-44(35-49)46(36-55(71)74-2)40-66-28-24-41(39-66)12-16-48-17-13-42-8-5-26-61-57(42)64-48/h3-4,7,9-10,13,17,25,35,38,41,43,46-47,50-52,56H,5-6,8,11-12,14-16,18-24,26-34,36-37,39-40H2,1-2H3,(H,61,64)(H,62,72)(H,63,69)/t41-,43?,46-,47?,50?,51?,52+,56-/m1/s1. The molecule has 4 atom stereocenters. The zero-order valence-electron chi connectivity index (χ0n) is 45.1. The van der Waals surface area contributed by atoms with Crippen molar-refractivity contribution in [3.8, 4) is 0 Å². The van der Waals surface area contributed by atoms with Crippen molar-refractivity contribution in [1.29, 1.82) is 0 Å². The topological polar surface area (TPSA) is 188 Å². The second kappa shape index (κ2) is 27.1. The number of anilines is 2. The number of hydrogen-bond acceptors (Lipinski definition) is 13. The molecule has 5 fully saturated rings. The van der Waals surface area contributed by atoms with Gasteiger partial charge in [-0.05, 0) is 143 Å². The molecule has 4 amide bonds. The van der Waals surface area contributed by atoms with Crippen LogP contribution in [0.2, 0.25) is 0 Å². The SMILES string of the molecule is COC(=O)C[C@H](CN1CC[C@@H](CCc2ccc3c(n2)NCCC3)C1)c1cccc(N2CCN(C(=O)C3CCC(NC(=O)CCCOC4CCC(OCCNC(=O)[C@H]5CC(=O)N(C)[C@@H]5c5cccnc5)CC4)CC3)CC2)c1. The number of pyridine rings is 2. The number of aryl methyl sites for hydroxylation is 2. The number of carbonyl (C=O) groups excluding carboxylic acids is 5. The largest absolute Gasteiger partial charge is 0.469 e. The van der Waals surface area contributed by atoms with Gasteiger partial charge in [-0.2, -0.15) is 0 Å². The first-order valence-corrected chi connectivity index (χ1v) is 28.7. The smallest absolute Gasteiger partial charge is 0.306 e. The van der Waals surface area contributed by atoms with Crippen LogP contribution in [0, 0.1) is 17.8 Å². The predicted octanol–water partition coefficient (Wildman–Crippen LogP) is 6.22. The average molecular weight is 1050 g/mol. The molecule has 0 unspecified atom stereocenters. The molecule has 3 aromatic rings. The van der Waals surface area contributed by atoms with Gasteiger partial charge in [-0.25, -0.2) is 4.98 Å². The summed E-state index contributed by atoms with van der Waals surface area (Å²) in [5.74, 6) is 1.13. The molecule has 3 saturated heterocycles. The van der Waals surface area contributed by atoms with Gasteiger partial charge in [0, 0.05) is 121 Å². The number of likely N-dealkylation sites (tertiary alicyclic amines) is 2. The fourth-order valence-electron chi connectivity index (χ4n) is 12.8. The van der Waals surface area contributed by atoms with E-state index in [2.05, 4.69) is 67.1 Å². The molecule has 4 aliphatic heterocycles. The van der Waals surface area contributed by atoms with E-state index < -0.39 is 5.92 Å². The molecule has 17 nitrogen and oxygen atoms in total. The van der Waals surface area contributed by atoms with E-state index in [4.69, 9.17) is 19.2 Å². The van der Waals surface area contributed by atoms with Crippen LogP contribution in [0.15, 0.2) is 60.9 Å². The Morgan fingerprint density at radius 3 is 2.43 bits per heavy atom. The normalized spacial score (nSPS) is 25.4. The van der Waals surface area contributed by atoms with Crippen molar-refractivity contribution in [2.75, 3.05) is 96.5 Å². The molecule has 412 valence electrons. The number of hydrogen-bond donors (Lipinski definition) is 3. The number of aromatic nitrogens is 2. The highest BCUT2D eigenvalue weighted by Crippen LogP contribution is 2.37. The first-order valence-electron chi connectivity index (χ1n) is 28.7. The van der Waals surface area contributed by atoms with Gasteiger partial charge < -0.3 is 49.8 Å². The Balaban J connectivity index is 0.620.